The molecule has 0 atom stereocenters. The summed E-state index contributed by atoms with van der Waals surface area (Å²) in [4.78, 5) is 23.1. The summed E-state index contributed by atoms with van der Waals surface area (Å²) in [5.74, 6) is -4.78. The third-order valence-corrected chi connectivity index (χ3v) is 4.68. The fourth-order valence-electron chi connectivity index (χ4n) is 2.83. The Balaban J connectivity index is 1.71. The molecular formula is C27H21F3O5. The molecule has 0 aliphatic rings. The molecule has 3 rings (SSSR count). The highest BCUT2D eigenvalue weighted by Crippen LogP contribution is 2.31. The van der Waals surface area contributed by atoms with Crippen LogP contribution >= 0.6 is 0 Å². The number of carbonyl (C=O) groups excluding carboxylic acids is 2. The Morgan fingerprint density at radius 3 is 1.86 bits per heavy atom. The van der Waals surface area contributed by atoms with Crippen LogP contribution in [0.4, 0.5) is 13.2 Å². The summed E-state index contributed by atoms with van der Waals surface area (Å²) in [6.45, 7) is 9.51. The Labute approximate surface area is 200 Å². The molecule has 0 fully saturated rings. The van der Waals surface area contributed by atoms with Crippen LogP contribution in [-0.4, -0.2) is 11.9 Å². The fourth-order valence-corrected chi connectivity index (χ4v) is 2.83. The van der Waals surface area contributed by atoms with E-state index in [9.17, 15) is 22.8 Å². The smallest absolute Gasteiger partial charge is 0.338 e. The van der Waals surface area contributed by atoms with Crippen molar-refractivity contribution in [1.29, 1.82) is 0 Å². The van der Waals surface area contributed by atoms with E-state index in [2.05, 4.69) is 13.2 Å². The minimum atomic E-state index is -0.953. The lowest BCUT2D eigenvalue weighted by Crippen LogP contribution is -2.09. The van der Waals surface area contributed by atoms with E-state index in [0.29, 0.717) is 5.56 Å². The van der Waals surface area contributed by atoms with Crippen molar-refractivity contribution in [3.63, 3.8) is 0 Å². The normalized spacial score (nSPS) is 10.4. The van der Waals surface area contributed by atoms with E-state index in [1.807, 2.05) is 0 Å². The molecule has 180 valence electrons. The Hall–Kier alpha value is -4.33. The molecule has 0 radical (unpaired) electrons. The first-order valence-electron chi connectivity index (χ1n) is 10.3. The molecule has 0 aliphatic carbocycles. The fraction of sp³-hybridized carbons (Fsp3) is 0.111. The van der Waals surface area contributed by atoms with Gasteiger partial charge in [-0.1, -0.05) is 31.4 Å². The maximum Gasteiger partial charge on any atom is 0.338 e. The molecule has 0 aliphatic heterocycles. The molecule has 0 saturated carbocycles. The largest absolute Gasteiger partial charge is 0.483 e. The highest BCUT2D eigenvalue weighted by molar-refractivity contribution is 5.89. The second kappa shape index (κ2) is 10.7. The van der Waals surface area contributed by atoms with Gasteiger partial charge in [0.15, 0.2) is 29.0 Å². The number of halogens is 3. The summed E-state index contributed by atoms with van der Waals surface area (Å²) in [5.41, 5.74) is 1.32. The summed E-state index contributed by atoms with van der Waals surface area (Å²) in [6.07, 6.45) is 0. The first-order valence-corrected chi connectivity index (χ1v) is 10.3. The number of rotatable bonds is 8. The maximum atomic E-state index is 14.6. The van der Waals surface area contributed by atoms with Gasteiger partial charge in [-0.25, -0.2) is 22.8 Å². The molecule has 0 amide bonds. The summed E-state index contributed by atoms with van der Waals surface area (Å²) in [5, 5.41) is 0. The molecule has 0 spiro atoms. The molecule has 0 saturated heterocycles. The van der Waals surface area contributed by atoms with Crippen molar-refractivity contribution < 1.29 is 37.0 Å². The van der Waals surface area contributed by atoms with E-state index in [4.69, 9.17) is 14.2 Å². The van der Waals surface area contributed by atoms with Crippen LogP contribution in [0, 0.1) is 17.5 Å². The van der Waals surface area contributed by atoms with E-state index >= 15 is 0 Å². The molecule has 0 unspecified atom stereocenters. The van der Waals surface area contributed by atoms with Crippen LogP contribution in [0.5, 0.6) is 17.2 Å². The van der Waals surface area contributed by atoms with Gasteiger partial charge in [0, 0.05) is 11.1 Å². The minimum absolute atomic E-state index is 0.105. The molecular weight excluding hydrogens is 461 g/mol. The van der Waals surface area contributed by atoms with Gasteiger partial charge in [-0.05, 0) is 66.9 Å². The highest BCUT2D eigenvalue weighted by atomic mass is 19.1. The second-order valence-corrected chi connectivity index (χ2v) is 7.69. The van der Waals surface area contributed by atoms with Gasteiger partial charge in [0.05, 0.1) is 0 Å². The Morgan fingerprint density at radius 2 is 1.31 bits per heavy atom. The van der Waals surface area contributed by atoms with Crippen LogP contribution < -0.4 is 14.2 Å². The zero-order valence-corrected chi connectivity index (χ0v) is 19.0. The zero-order valence-electron chi connectivity index (χ0n) is 19.0. The molecule has 0 N–H and O–H groups in total. The van der Waals surface area contributed by atoms with Gasteiger partial charge in [-0.3, -0.25) is 0 Å². The molecule has 5 nitrogen and oxygen atoms in total. The van der Waals surface area contributed by atoms with E-state index in [1.54, 1.807) is 12.1 Å². The average molecular weight is 482 g/mol. The number of hydrogen-bond donors (Lipinski definition) is 0. The quantitative estimate of drug-likeness (QED) is 0.214. The molecule has 3 aromatic rings. The predicted octanol–water partition coefficient (Wildman–Crippen LogP) is 6.31. The molecule has 0 bridgehead atoms. The van der Waals surface area contributed by atoms with Gasteiger partial charge in [-0.15, -0.1) is 0 Å². The van der Waals surface area contributed by atoms with Crippen LogP contribution in [0.3, 0.4) is 0 Å². The lowest BCUT2D eigenvalue weighted by atomic mass is 10.0. The van der Waals surface area contributed by atoms with Gasteiger partial charge in [0.25, 0.3) is 0 Å². The minimum Gasteiger partial charge on any atom is -0.483 e. The third kappa shape index (κ3) is 6.38. The number of hydrogen-bond acceptors (Lipinski definition) is 5. The standard InChI is InChI=1S/C27H21F3O5/c1-15(2)26(31)34-20-8-6-18(7-9-20)19-12-22(29)25(23(30)13-19)33-14-17-5-10-24(21(28)11-17)35-27(32)16(3)4/h5-13H,1,3,14H2,2,4H3. The zero-order chi connectivity index (χ0) is 25.7. The summed E-state index contributed by atoms with van der Waals surface area (Å²) < 4.78 is 58.6. The number of benzene rings is 3. The predicted molar refractivity (Wildman–Crippen MR) is 123 cm³/mol. The molecule has 3 aromatic carbocycles. The number of carbonyl (C=O) groups is 2. The SMILES string of the molecule is C=C(C)C(=O)Oc1ccc(-c2cc(F)c(OCc3ccc(OC(=O)C(=C)C)c(F)c3)c(F)c2)cc1. The van der Waals surface area contributed by atoms with Crippen LogP contribution in [-0.2, 0) is 16.2 Å². The highest BCUT2D eigenvalue weighted by Gasteiger charge is 2.16. The maximum absolute atomic E-state index is 14.6. The van der Waals surface area contributed by atoms with Crippen molar-refractivity contribution in [2.75, 3.05) is 0 Å². The monoisotopic (exact) mass is 482 g/mol. The van der Waals surface area contributed by atoms with E-state index in [1.165, 1.54) is 38.1 Å². The van der Waals surface area contributed by atoms with Crippen LogP contribution in [0.1, 0.15) is 19.4 Å². The van der Waals surface area contributed by atoms with Crippen LogP contribution in [0.15, 0.2) is 78.9 Å². The van der Waals surface area contributed by atoms with Gasteiger partial charge < -0.3 is 14.2 Å². The first kappa shape index (κ1) is 25.3. The van der Waals surface area contributed by atoms with E-state index < -0.39 is 35.1 Å². The van der Waals surface area contributed by atoms with E-state index in [-0.39, 0.29) is 40.4 Å². The van der Waals surface area contributed by atoms with Gasteiger partial charge >= 0.3 is 11.9 Å². The second-order valence-electron chi connectivity index (χ2n) is 7.69. The topological polar surface area (TPSA) is 61.8 Å². The Kier molecular flexibility index (Phi) is 7.76. The van der Waals surface area contributed by atoms with Gasteiger partial charge in [0.1, 0.15) is 12.4 Å². The van der Waals surface area contributed by atoms with Crippen LogP contribution in [0.2, 0.25) is 0 Å². The van der Waals surface area contributed by atoms with Crippen molar-refractivity contribution in [2.45, 2.75) is 20.5 Å². The van der Waals surface area contributed by atoms with E-state index in [0.717, 1.165) is 18.2 Å². The first-order chi connectivity index (χ1) is 16.5. The van der Waals surface area contributed by atoms with Crippen molar-refractivity contribution in [2.24, 2.45) is 0 Å². The Morgan fingerprint density at radius 1 is 0.743 bits per heavy atom. The molecule has 35 heavy (non-hydrogen) atoms. The molecule has 8 heteroatoms. The number of ether oxygens (including phenoxy) is 3. The summed E-state index contributed by atoms with van der Waals surface area (Å²) >= 11 is 0. The summed E-state index contributed by atoms with van der Waals surface area (Å²) in [6, 6.07) is 11.9. The van der Waals surface area contributed by atoms with Crippen molar-refractivity contribution >= 4 is 11.9 Å². The number of esters is 2. The lowest BCUT2D eigenvalue weighted by Gasteiger charge is -2.12. The van der Waals surface area contributed by atoms with Crippen LogP contribution in [0.25, 0.3) is 11.1 Å². The summed E-state index contributed by atoms with van der Waals surface area (Å²) in [7, 11) is 0. The van der Waals surface area contributed by atoms with Crippen molar-refractivity contribution in [3.8, 4) is 28.4 Å². The van der Waals surface area contributed by atoms with Crippen molar-refractivity contribution in [3.05, 3.63) is 102 Å². The molecule has 0 heterocycles. The molecule has 0 aromatic heterocycles. The van der Waals surface area contributed by atoms with Gasteiger partial charge in [-0.2, -0.15) is 0 Å². The Bertz CT molecular complexity index is 1290. The average Bonchev–Trinajstić information content (AvgIpc) is 2.80. The van der Waals surface area contributed by atoms with Crippen molar-refractivity contribution in [1.82, 2.24) is 0 Å². The lowest BCUT2D eigenvalue weighted by molar-refractivity contribution is -0.131. The third-order valence-electron chi connectivity index (χ3n) is 4.68. The van der Waals surface area contributed by atoms with Gasteiger partial charge in [0.2, 0.25) is 0 Å².